The zero-order valence-corrected chi connectivity index (χ0v) is 10.0. The maximum absolute atomic E-state index is 5.87. The van der Waals surface area contributed by atoms with Crippen LogP contribution < -0.4 is 4.74 Å². The summed E-state index contributed by atoms with van der Waals surface area (Å²) in [4.78, 5) is 0. The van der Waals surface area contributed by atoms with E-state index < -0.39 is 5.79 Å². The Morgan fingerprint density at radius 3 is 2.56 bits per heavy atom. The molecule has 0 aliphatic carbocycles. The molecule has 1 saturated heterocycles. The Morgan fingerprint density at radius 2 is 2.00 bits per heavy atom. The van der Waals surface area contributed by atoms with Crippen LogP contribution in [0.2, 0.25) is 0 Å². The van der Waals surface area contributed by atoms with Gasteiger partial charge < -0.3 is 14.2 Å². The van der Waals surface area contributed by atoms with Crippen LogP contribution in [0, 0.1) is 0 Å². The highest BCUT2D eigenvalue weighted by Crippen LogP contribution is 2.33. The van der Waals surface area contributed by atoms with Gasteiger partial charge in [-0.05, 0) is 44.5 Å². The minimum Gasteiger partial charge on any atom is -0.497 e. The molecule has 0 bridgehead atoms. The van der Waals surface area contributed by atoms with Crippen molar-refractivity contribution in [3.8, 4) is 5.75 Å². The summed E-state index contributed by atoms with van der Waals surface area (Å²) in [6.45, 7) is 4.78. The highest BCUT2D eigenvalue weighted by Gasteiger charge is 2.34. The first-order chi connectivity index (χ1) is 7.64. The normalized spacial score (nSPS) is 30.1. The molecular weight excluding hydrogens is 204 g/mol. The average Bonchev–Trinajstić information content (AvgIpc) is 2.29. The van der Waals surface area contributed by atoms with Crippen molar-refractivity contribution >= 4 is 0 Å². The first-order valence-corrected chi connectivity index (χ1v) is 5.60. The van der Waals surface area contributed by atoms with E-state index in [0.29, 0.717) is 0 Å². The molecule has 0 spiro atoms. The summed E-state index contributed by atoms with van der Waals surface area (Å²) in [5.74, 6) is 0.223. The molecule has 1 fully saturated rings. The molecule has 0 N–H and O–H groups in total. The van der Waals surface area contributed by atoms with E-state index >= 15 is 0 Å². The topological polar surface area (TPSA) is 27.7 Å². The number of hydrogen-bond donors (Lipinski definition) is 0. The molecule has 1 aliphatic heterocycles. The molecular formula is C13H18O3. The van der Waals surface area contributed by atoms with E-state index in [9.17, 15) is 0 Å². The summed E-state index contributed by atoms with van der Waals surface area (Å²) in [6, 6.07) is 7.81. The van der Waals surface area contributed by atoms with E-state index in [-0.39, 0.29) is 6.10 Å². The monoisotopic (exact) mass is 222 g/mol. The van der Waals surface area contributed by atoms with Gasteiger partial charge in [0.25, 0.3) is 0 Å². The van der Waals surface area contributed by atoms with Crippen LogP contribution in [0.4, 0.5) is 0 Å². The molecule has 1 aromatic rings. The van der Waals surface area contributed by atoms with Crippen molar-refractivity contribution in [2.24, 2.45) is 0 Å². The lowest BCUT2D eigenvalue weighted by molar-refractivity contribution is -0.288. The van der Waals surface area contributed by atoms with Gasteiger partial charge in [0.1, 0.15) is 5.75 Å². The summed E-state index contributed by atoms with van der Waals surface area (Å²) in [6.07, 6.45) is 1.19. The van der Waals surface area contributed by atoms with Crippen LogP contribution >= 0.6 is 0 Å². The van der Waals surface area contributed by atoms with E-state index in [4.69, 9.17) is 14.2 Å². The standard InChI is InChI=1S/C13H18O3/c1-10-8-9-15-13(2,16-10)11-4-6-12(14-3)7-5-11/h4-7,10H,8-9H2,1-3H3. The Hall–Kier alpha value is -1.06. The Morgan fingerprint density at radius 1 is 1.31 bits per heavy atom. The first kappa shape index (κ1) is 11.4. The molecule has 3 nitrogen and oxygen atoms in total. The Bertz CT molecular complexity index is 347. The fourth-order valence-electron chi connectivity index (χ4n) is 1.94. The third kappa shape index (κ3) is 2.20. The van der Waals surface area contributed by atoms with Crippen LogP contribution in [0.25, 0.3) is 0 Å². The van der Waals surface area contributed by atoms with Gasteiger partial charge >= 0.3 is 0 Å². The molecule has 2 atom stereocenters. The third-order valence-corrected chi connectivity index (χ3v) is 2.94. The van der Waals surface area contributed by atoms with E-state index in [0.717, 1.165) is 24.3 Å². The van der Waals surface area contributed by atoms with Crippen LogP contribution in [-0.4, -0.2) is 19.8 Å². The zero-order valence-electron chi connectivity index (χ0n) is 10.0. The number of ether oxygens (including phenoxy) is 3. The van der Waals surface area contributed by atoms with Crippen molar-refractivity contribution in [3.63, 3.8) is 0 Å². The second-order valence-electron chi connectivity index (χ2n) is 4.24. The summed E-state index contributed by atoms with van der Waals surface area (Å²) in [7, 11) is 1.66. The maximum Gasteiger partial charge on any atom is 0.192 e. The van der Waals surface area contributed by atoms with Crippen molar-refractivity contribution in [2.45, 2.75) is 32.2 Å². The largest absolute Gasteiger partial charge is 0.497 e. The molecule has 2 rings (SSSR count). The highest BCUT2D eigenvalue weighted by atomic mass is 16.7. The van der Waals surface area contributed by atoms with Gasteiger partial charge in [-0.1, -0.05) is 0 Å². The van der Waals surface area contributed by atoms with Crippen molar-refractivity contribution < 1.29 is 14.2 Å². The van der Waals surface area contributed by atoms with E-state index in [1.54, 1.807) is 7.11 Å². The molecule has 1 heterocycles. The van der Waals surface area contributed by atoms with Crippen LogP contribution in [0.1, 0.15) is 25.8 Å². The van der Waals surface area contributed by atoms with Crippen molar-refractivity contribution in [2.75, 3.05) is 13.7 Å². The van der Waals surface area contributed by atoms with Gasteiger partial charge in [-0.3, -0.25) is 0 Å². The molecule has 0 amide bonds. The van der Waals surface area contributed by atoms with Crippen molar-refractivity contribution in [1.82, 2.24) is 0 Å². The predicted molar refractivity (Wildman–Crippen MR) is 61.5 cm³/mol. The zero-order chi connectivity index (χ0) is 11.6. The maximum atomic E-state index is 5.87. The lowest BCUT2D eigenvalue weighted by Gasteiger charge is -2.37. The van der Waals surface area contributed by atoms with Crippen molar-refractivity contribution in [3.05, 3.63) is 29.8 Å². The van der Waals surface area contributed by atoms with Crippen LogP contribution in [0.3, 0.4) is 0 Å². The summed E-state index contributed by atoms with van der Waals surface area (Å²) in [5.41, 5.74) is 1.03. The van der Waals surface area contributed by atoms with Crippen LogP contribution in [0.5, 0.6) is 5.75 Å². The molecule has 88 valence electrons. The molecule has 0 aromatic heterocycles. The van der Waals surface area contributed by atoms with E-state index in [1.165, 1.54) is 0 Å². The van der Waals surface area contributed by atoms with Gasteiger partial charge in [-0.2, -0.15) is 0 Å². The molecule has 0 radical (unpaired) electrons. The third-order valence-electron chi connectivity index (χ3n) is 2.94. The molecule has 2 unspecified atom stereocenters. The Kier molecular flexibility index (Phi) is 3.17. The summed E-state index contributed by atoms with van der Waals surface area (Å²) < 4.78 is 16.7. The van der Waals surface area contributed by atoms with Gasteiger partial charge in [0.05, 0.1) is 19.8 Å². The number of benzene rings is 1. The number of rotatable bonds is 2. The first-order valence-electron chi connectivity index (χ1n) is 5.60. The number of methoxy groups -OCH3 is 1. The van der Waals surface area contributed by atoms with Gasteiger partial charge in [0, 0.05) is 5.56 Å². The minimum absolute atomic E-state index is 0.237. The smallest absolute Gasteiger partial charge is 0.192 e. The quantitative estimate of drug-likeness (QED) is 0.770. The number of hydrogen-bond acceptors (Lipinski definition) is 3. The lowest BCUT2D eigenvalue weighted by atomic mass is 10.1. The van der Waals surface area contributed by atoms with Crippen LogP contribution in [-0.2, 0) is 15.3 Å². The second-order valence-corrected chi connectivity index (χ2v) is 4.24. The van der Waals surface area contributed by atoms with Gasteiger partial charge in [-0.25, -0.2) is 0 Å². The van der Waals surface area contributed by atoms with Crippen molar-refractivity contribution in [1.29, 1.82) is 0 Å². The lowest BCUT2D eigenvalue weighted by Crippen LogP contribution is -2.38. The Balaban J connectivity index is 2.20. The van der Waals surface area contributed by atoms with Gasteiger partial charge in [0.2, 0.25) is 0 Å². The fraction of sp³-hybridized carbons (Fsp3) is 0.538. The fourth-order valence-corrected chi connectivity index (χ4v) is 1.94. The van der Waals surface area contributed by atoms with E-state index in [1.807, 2.05) is 31.2 Å². The highest BCUT2D eigenvalue weighted by molar-refractivity contribution is 5.29. The molecule has 0 saturated carbocycles. The van der Waals surface area contributed by atoms with E-state index in [2.05, 4.69) is 6.92 Å². The molecule has 1 aliphatic rings. The van der Waals surface area contributed by atoms with Crippen LogP contribution in [0.15, 0.2) is 24.3 Å². The van der Waals surface area contributed by atoms with Gasteiger partial charge in [0.15, 0.2) is 5.79 Å². The summed E-state index contributed by atoms with van der Waals surface area (Å²) >= 11 is 0. The molecule has 3 heteroatoms. The summed E-state index contributed by atoms with van der Waals surface area (Å²) in [5, 5.41) is 0. The van der Waals surface area contributed by atoms with Gasteiger partial charge in [-0.15, -0.1) is 0 Å². The second kappa shape index (κ2) is 4.44. The SMILES string of the molecule is COc1ccc(C2(C)OCCC(C)O2)cc1. The molecule has 16 heavy (non-hydrogen) atoms. The molecule has 1 aromatic carbocycles. The minimum atomic E-state index is -0.621. The Labute approximate surface area is 96.3 Å². The predicted octanol–water partition coefficient (Wildman–Crippen LogP) is 2.69. The average molecular weight is 222 g/mol.